The Morgan fingerprint density at radius 3 is 2.33 bits per heavy atom. The molecule has 2 N–H and O–H groups in total. The maximum Gasteiger partial charge on any atom is 0.137 e. The third-order valence-electron chi connectivity index (χ3n) is 3.48. The van der Waals surface area contributed by atoms with E-state index in [1.54, 1.807) is 36.4 Å². The lowest BCUT2D eigenvalue weighted by atomic mass is 9.88. The van der Waals surface area contributed by atoms with Crippen molar-refractivity contribution in [1.29, 1.82) is 0 Å². The number of carbonyl (C=O) groups excluding carboxylic acids is 1. The minimum Gasteiger partial charge on any atom is -0.508 e. The number of carbonyl (C=O) groups is 1. The number of benzene rings is 2. The summed E-state index contributed by atoms with van der Waals surface area (Å²) in [4.78, 5) is 11.9. The van der Waals surface area contributed by atoms with Crippen molar-refractivity contribution in [2.45, 2.75) is 19.3 Å². The zero-order valence-corrected chi connectivity index (χ0v) is 12.0. The van der Waals surface area contributed by atoms with Crippen molar-refractivity contribution in [3.8, 4) is 17.2 Å². The van der Waals surface area contributed by atoms with Crippen LogP contribution in [0.25, 0.3) is 0 Å². The molecular weight excluding hydrogens is 268 g/mol. The van der Waals surface area contributed by atoms with Crippen LogP contribution >= 0.6 is 0 Å². The van der Waals surface area contributed by atoms with Crippen LogP contribution in [0.2, 0.25) is 0 Å². The van der Waals surface area contributed by atoms with Gasteiger partial charge in [0.15, 0.2) is 0 Å². The van der Waals surface area contributed by atoms with Gasteiger partial charge in [0.2, 0.25) is 0 Å². The summed E-state index contributed by atoms with van der Waals surface area (Å²) < 4.78 is 5.05. The number of hydrogen-bond acceptors (Lipinski definition) is 4. The Hall–Kier alpha value is -2.49. The van der Waals surface area contributed by atoms with Crippen molar-refractivity contribution in [2.24, 2.45) is 0 Å². The van der Waals surface area contributed by atoms with Crippen LogP contribution in [-0.2, 0) is 11.2 Å². The minimum absolute atomic E-state index is 0.0245. The summed E-state index contributed by atoms with van der Waals surface area (Å²) >= 11 is 0. The van der Waals surface area contributed by atoms with Gasteiger partial charge in [-0.25, -0.2) is 0 Å². The number of rotatable bonds is 5. The molecule has 2 aromatic rings. The Labute approximate surface area is 123 Å². The summed E-state index contributed by atoms with van der Waals surface area (Å²) in [6.07, 6.45) is 0.468. The van der Waals surface area contributed by atoms with Crippen LogP contribution in [0.4, 0.5) is 0 Å². The Morgan fingerprint density at radius 1 is 1.14 bits per heavy atom. The SMILES string of the molecule is COc1ccc(C(Cc2ccc(O)cc2)C(C)=O)c(O)c1. The standard InChI is InChI=1S/C17H18O4/c1-11(18)16(9-12-3-5-13(19)6-4-12)15-8-7-14(21-2)10-17(15)20/h3-8,10,16,19-20H,9H2,1-2H3. The predicted molar refractivity (Wildman–Crippen MR) is 79.9 cm³/mol. The van der Waals surface area contributed by atoms with Crippen LogP contribution in [0.15, 0.2) is 42.5 Å². The van der Waals surface area contributed by atoms with Crippen molar-refractivity contribution in [3.63, 3.8) is 0 Å². The molecule has 0 aromatic heterocycles. The molecule has 0 aliphatic carbocycles. The smallest absolute Gasteiger partial charge is 0.137 e. The van der Waals surface area contributed by atoms with Gasteiger partial charge >= 0.3 is 0 Å². The highest BCUT2D eigenvalue weighted by Gasteiger charge is 2.21. The van der Waals surface area contributed by atoms with Crippen LogP contribution in [0.1, 0.15) is 24.0 Å². The lowest BCUT2D eigenvalue weighted by Gasteiger charge is -2.16. The lowest BCUT2D eigenvalue weighted by Crippen LogP contribution is -2.12. The number of ketones is 1. The first-order valence-electron chi connectivity index (χ1n) is 6.66. The van der Waals surface area contributed by atoms with Crippen molar-refractivity contribution >= 4 is 5.78 Å². The van der Waals surface area contributed by atoms with Gasteiger partial charge in [0, 0.05) is 11.6 Å². The van der Waals surface area contributed by atoms with Crippen molar-refractivity contribution in [1.82, 2.24) is 0 Å². The summed E-state index contributed by atoms with van der Waals surface area (Å²) in [5.74, 6) is 0.325. The van der Waals surface area contributed by atoms with Gasteiger partial charge in [-0.1, -0.05) is 18.2 Å². The third-order valence-corrected chi connectivity index (χ3v) is 3.48. The first kappa shape index (κ1) is 14.9. The minimum atomic E-state index is -0.430. The molecule has 0 bridgehead atoms. The zero-order chi connectivity index (χ0) is 15.4. The molecule has 0 saturated carbocycles. The van der Waals surface area contributed by atoms with E-state index in [4.69, 9.17) is 4.74 Å². The largest absolute Gasteiger partial charge is 0.508 e. The van der Waals surface area contributed by atoms with Gasteiger partial charge in [-0.2, -0.15) is 0 Å². The van der Waals surface area contributed by atoms with Crippen molar-refractivity contribution in [2.75, 3.05) is 7.11 Å². The van der Waals surface area contributed by atoms with E-state index >= 15 is 0 Å². The summed E-state index contributed by atoms with van der Waals surface area (Å²) in [5, 5.41) is 19.4. The van der Waals surface area contributed by atoms with Gasteiger partial charge in [-0.15, -0.1) is 0 Å². The van der Waals surface area contributed by atoms with Gasteiger partial charge in [0.05, 0.1) is 13.0 Å². The fourth-order valence-corrected chi connectivity index (χ4v) is 2.29. The highest BCUT2D eigenvalue weighted by atomic mass is 16.5. The van der Waals surface area contributed by atoms with Crippen molar-refractivity contribution < 1.29 is 19.7 Å². The van der Waals surface area contributed by atoms with Crippen molar-refractivity contribution in [3.05, 3.63) is 53.6 Å². The topological polar surface area (TPSA) is 66.8 Å². The molecule has 4 heteroatoms. The molecule has 1 unspecified atom stereocenters. The average molecular weight is 286 g/mol. The van der Waals surface area contributed by atoms with E-state index < -0.39 is 5.92 Å². The molecule has 0 heterocycles. The average Bonchev–Trinajstić information content (AvgIpc) is 2.46. The number of hydrogen-bond donors (Lipinski definition) is 2. The molecule has 0 aliphatic heterocycles. The van der Waals surface area contributed by atoms with Crippen LogP contribution in [0.5, 0.6) is 17.2 Å². The number of aromatic hydroxyl groups is 2. The van der Waals surface area contributed by atoms with E-state index in [0.29, 0.717) is 17.7 Å². The molecule has 0 spiro atoms. The molecule has 0 aliphatic rings. The molecule has 1 atom stereocenters. The monoisotopic (exact) mass is 286 g/mol. The predicted octanol–water partition coefficient (Wildman–Crippen LogP) is 3.02. The Balaban J connectivity index is 2.31. The lowest BCUT2D eigenvalue weighted by molar-refractivity contribution is -0.118. The summed E-state index contributed by atoms with van der Waals surface area (Å²) in [5.41, 5.74) is 1.50. The van der Waals surface area contributed by atoms with Crippen LogP contribution in [0.3, 0.4) is 0 Å². The van der Waals surface area contributed by atoms with E-state index in [1.165, 1.54) is 20.1 Å². The number of ether oxygens (including phenoxy) is 1. The van der Waals surface area contributed by atoms with E-state index in [9.17, 15) is 15.0 Å². The first-order valence-corrected chi connectivity index (χ1v) is 6.66. The van der Waals surface area contributed by atoms with Crippen LogP contribution in [-0.4, -0.2) is 23.1 Å². The Kier molecular flexibility index (Phi) is 4.48. The number of phenolic OH excluding ortho intramolecular Hbond substituents is 2. The third kappa shape index (κ3) is 3.54. The molecule has 110 valence electrons. The molecule has 2 aromatic carbocycles. The summed E-state index contributed by atoms with van der Waals surface area (Å²) in [6, 6.07) is 11.6. The van der Waals surface area contributed by atoms with E-state index in [2.05, 4.69) is 0 Å². The molecular formula is C17H18O4. The van der Waals surface area contributed by atoms with Crippen LogP contribution in [0, 0.1) is 0 Å². The number of Topliss-reactive ketones (excluding diaryl/α,β-unsaturated/α-hetero) is 1. The normalized spacial score (nSPS) is 11.9. The fraction of sp³-hybridized carbons (Fsp3) is 0.235. The molecule has 0 radical (unpaired) electrons. The summed E-state index contributed by atoms with van der Waals surface area (Å²) in [6.45, 7) is 1.51. The van der Waals surface area contributed by atoms with Gasteiger partial charge in [0.25, 0.3) is 0 Å². The van der Waals surface area contributed by atoms with Gasteiger partial charge in [-0.3, -0.25) is 4.79 Å². The fourth-order valence-electron chi connectivity index (χ4n) is 2.29. The Bertz CT molecular complexity index is 632. The van der Waals surface area contributed by atoms with Gasteiger partial charge in [0.1, 0.15) is 23.0 Å². The summed E-state index contributed by atoms with van der Waals surface area (Å²) in [7, 11) is 1.52. The molecule has 0 fully saturated rings. The second kappa shape index (κ2) is 6.31. The molecule has 4 nitrogen and oxygen atoms in total. The maximum atomic E-state index is 11.9. The van der Waals surface area contributed by atoms with E-state index in [-0.39, 0.29) is 17.3 Å². The number of methoxy groups -OCH3 is 1. The second-order valence-electron chi connectivity index (χ2n) is 4.96. The van der Waals surface area contributed by atoms with E-state index in [0.717, 1.165) is 5.56 Å². The highest BCUT2D eigenvalue weighted by molar-refractivity contribution is 5.84. The molecule has 21 heavy (non-hydrogen) atoms. The van der Waals surface area contributed by atoms with Gasteiger partial charge in [-0.05, 0) is 37.1 Å². The highest BCUT2D eigenvalue weighted by Crippen LogP contribution is 2.32. The van der Waals surface area contributed by atoms with Crippen LogP contribution < -0.4 is 4.74 Å². The second-order valence-corrected chi connectivity index (χ2v) is 4.96. The molecule has 0 saturated heterocycles. The first-order chi connectivity index (χ1) is 10.0. The maximum absolute atomic E-state index is 11.9. The number of phenols is 2. The quantitative estimate of drug-likeness (QED) is 0.886. The van der Waals surface area contributed by atoms with E-state index in [1.807, 2.05) is 0 Å². The molecule has 0 amide bonds. The zero-order valence-electron chi connectivity index (χ0n) is 12.0. The Morgan fingerprint density at radius 2 is 1.81 bits per heavy atom. The molecule has 2 rings (SSSR count). The van der Waals surface area contributed by atoms with Gasteiger partial charge < -0.3 is 14.9 Å².